The molecule has 1 N–H and O–H groups in total. The van der Waals surface area contributed by atoms with Crippen molar-refractivity contribution in [1.29, 1.82) is 0 Å². The molecule has 1 fully saturated rings. The van der Waals surface area contributed by atoms with Gasteiger partial charge in [0.2, 0.25) is 0 Å². The van der Waals surface area contributed by atoms with Gasteiger partial charge in [-0.25, -0.2) is 4.98 Å². The van der Waals surface area contributed by atoms with Crippen molar-refractivity contribution in [2.45, 2.75) is 31.8 Å². The summed E-state index contributed by atoms with van der Waals surface area (Å²) in [7, 11) is 0. The Morgan fingerprint density at radius 3 is 3.28 bits per heavy atom. The minimum atomic E-state index is 0.438. The minimum Gasteiger partial charge on any atom is -0.378 e. The van der Waals surface area contributed by atoms with Crippen LogP contribution in [0.25, 0.3) is 5.65 Å². The molecule has 1 aliphatic rings. The zero-order chi connectivity index (χ0) is 12.2. The number of aromatic nitrogens is 2. The normalized spacial score (nSPS) is 20.1. The predicted molar refractivity (Wildman–Crippen MR) is 71.9 cm³/mol. The first-order valence-corrected chi connectivity index (χ1v) is 6.71. The number of rotatable bonds is 4. The molecule has 1 aliphatic heterocycles. The molecule has 0 saturated carbocycles. The van der Waals surface area contributed by atoms with Crippen molar-refractivity contribution >= 4 is 11.5 Å². The number of pyridine rings is 1. The van der Waals surface area contributed by atoms with Crippen LogP contribution in [-0.4, -0.2) is 28.6 Å². The van der Waals surface area contributed by atoms with E-state index in [1.54, 1.807) is 0 Å². The maximum Gasteiger partial charge on any atom is 0.138 e. The number of hydrogen-bond acceptors (Lipinski definition) is 3. The Hall–Kier alpha value is -1.55. The van der Waals surface area contributed by atoms with E-state index in [-0.39, 0.29) is 0 Å². The molecule has 0 bridgehead atoms. The van der Waals surface area contributed by atoms with E-state index in [1.807, 2.05) is 24.5 Å². The molecular formula is C14H19N3O. The molecule has 0 aromatic carbocycles. The predicted octanol–water partition coefficient (Wildman–Crippen LogP) is 2.71. The van der Waals surface area contributed by atoms with Gasteiger partial charge in [0.05, 0.1) is 6.10 Å². The largest absolute Gasteiger partial charge is 0.378 e. The third-order valence-electron chi connectivity index (χ3n) is 3.47. The summed E-state index contributed by atoms with van der Waals surface area (Å²) in [5.41, 5.74) is 0.980. The molecule has 4 heteroatoms. The van der Waals surface area contributed by atoms with Gasteiger partial charge >= 0.3 is 0 Å². The Morgan fingerprint density at radius 1 is 1.39 bits per heavy atom. The molecule has 3 rings (SSSR count). The highest BCUT2D eigenvalue weighted by Gasteiger charge is 2.13. The SMILES string of the molecule is c1cc(NCCC2CCCCO2)n2ccnc2c1. The number of fused-ring (bicyclic) bond motifs is 1. The van der Waals surface area contributed by atoms with E-state index in [9.17, 15) is 0 Å². The van der Waals surface area contributed by atoms with Gasteiger partial charge < -0.3 is 10.1 Å². The molecule has 18 heavy (non-hydrogen) atoms. The molecular weight excluding hydrogens is 226 g/mol. The summed E-state index contributed by atoms with van der Waals surface area (Å²) in [5.74, 6) is 1.10. The third-order valence-corrected chi connectivity index (χ3v) is 3.47. The van der Waals surface area contributed by atoms with Crippen LogP contribution < -0.4 is 5.32 Å². The Kier molecular flexibility index (Phi) is 3.46. The van der Waals surface area contributed by atoms with E-state index in [0.29, 0.717) is 6.10 Å². The molecule has 1 unspecified atom stereocenters. The lowest BCUT2D eigenvalue weighted by Crippen LogP contribution is -2.22. The molecule has 1 atom stereocenters. The number of hydrogen-bond donors (Lipinski definition) is 1. The van der Waals surface area contributed by atoms with Gasteiger partial charge in [-0.1, -0.05) is 6.07 Å². The Balaban J connectivity index is 1.57. The van der Waals surface area contributed by atoms with Crippen molar-refractivity contribution in [3.63, 3.8) is 0 Å². The van der Waals surface area contributed by atoms with Crippen molar-refractivity contribution in [2.24, 2.45) is 0 Å². The average Bonchev–Trinajstić information content (AvgIpc) is 2.89. The number of nitrogens with one attached hydrogen (secondary N) is 1. The lowest BCUT2D eigenvalue weighted by Gasteiger charge is -2.22. The second kappa shape index (κ2) is 5.40. The summed E-state index contributed by atoms with van der Waals surface area (Å²) in [4.78, 5) is 4.28. The van der Waals surface area contributed by atoms with Crippen LogP contribution in [-0.2, 0) is 4.74 Å². The number of anilines is 1. The number of ether oxygens (including phenoxy) is 1. The van der Waals surface area contributed by atoms with Crippen molar-refractivity contribution in [1.82, 2.24) is 9.38 Å². The fourth-order valence-electron chi connectivity index (χ4n) is 2.49. The van der Waals surface area contributed by atoms with Crippen molar-refractivity contribution in [3.8, 4) is 0 Å². The van der Waals surface area contributed by atoms with Gasteiger partial charge in [0.15, 0.2) is 0 Å². The lowest BCUT2D eigenvalue weighted by molar-refractivity contribution is 0.0134. The minimum absolute atomic E-state index is 0.438. The van der Waals surface area contributed by atoms with Gasteiger partial charge in [0, 0.05) is 25.5 Å². The fraction of sp³-hybridized carbons (Fsp3) is 0.500. The second-order valence-electron chi connectivity index (χ2n) is 4.77. The molecule has 2 aromatic heterocycles. The first kappa shape index (κ1) is 11.5. The summed E-state index contributed by atoms with van der Waals surface area (Å²) < 4.78 is 7.80. The quantitative estimate of drug-likeness (QED) is 0.900. The molecule has 0 amide bonds. The Morgan fingerprint density at radius 2 is 2.39 bits per heavy atom. The van der Waals surface area contributed by atoms with Crippen LogP contribution in [0.5, 0.6) is 0 Å². The van der Waals surface area contributed by atoms with Crippen LogP contribution in [0, 0.1) is 0 Å². The highest BCUT2D eigenvalue weighted by atomic mass is 16.5. The van der Waals surface area contributed by atoms with Gasteiger partial charge in [-0.15, -0.1) is 0 Å². The maximum absolute atomic E-state index is 5.73. The fourth-order valence-corrected chi connectivity index (χ4v) is 2.49. The van der Waals surface area contributed by atoms with Crippen molar-refractivity contribution < 1.29 is 4.74 Å². The zero-order valence-corrected chi connectivity index (χ0v) is 10.5. The van der Waals surface area contributed by atoms with Crippen molar-refractivity contribution in [2.75, 3.05) is 18.5 Å². The van der Waals surface area contributed by atoms with Crippen LogP contribution in [0.15, 0.2) is 30.6 Å². The summed E-state index contributed by atoms with van der Waals surface area (Å²) in [6.45, 7) is 1.88. The molecule has 4 nitrogen and oxygen atoms in total. The van der Waals surface area contributed by atoms with E-state index in [1.165, 1.54) is 19.3 Å². The first-order valence-electron chi connectivity index (χ1n) is 6.71. The van der Waals surface area contributed by atoms with E-state index >= 15 is 0 Å². The van der Waals surface area contributed by atoms with Gasteiger partial charge in [0.25, 0.3) is 0 Å². The van der Waals surface area contributed by atoms with Crippen molar-refractivity contribution in [3.05, 3.63) is 30.6 Å². The second-order valence-corrected chi connectivity index (χ2v) is 4.77. The zero-order valence-electron chi connectivity index (χ0n) is 10.5. The van der Waals surface area contributed by atoms with E-state index in [0.717, 1.165) is 31.0 Å². The average molecular weight is 245 g/mol. The van der Waals surface area contributed by atoms with Gasteiger partial charge in [0.1, 0.15) is 11.5 Å². The van der Waals surface area contributed by atoms with Crippen LogP contribution in [0.3, 0.4) is 0 Å². The van der Waals surface area contributed by atoms with Gasteiger partial charge in [-0.05, 0) is 37.8 Å². The highest BCUT2D eigenvalue weighted by Crippen LogP contribution is 2.16. The summed E-state index contributed by atoms with van der Waals surface area (Å²) in [6, 6.07) is 6.12. The molecule has 0 spiro atoms. The Bertz CT molecular complexity index is 502. The molecule has 1 saturated heterocycles. The summed E-state index contributed by atoms with van der Waals surface area (Å²) >= 11 is 0. The molecule has 0 aliphatic carbocycles. The monoisotopic (exact) mass is 245 g/mol. The first-order chi connectivity index (χ1) is 8.93. The van der Waals surface area contributed by atoms with Gasteiger partial charge in [-0.3, -0.25) is 4.40 Å². The highest BCUT2D eigenvalue weighted by molar-refractivity contribution is 5.49. The summed E-state index contributed by atoms with van der Waals surface area (Å²) in [6.07, 6.45) is 9.05. The molecule has 3 heterocycles. The lowest BCUT2D eigenvalue weighted by atomic mass is 10.1. The van der Waals surface area contributed by atoms with Crippen LogP contribution in [0.1, 0.15) is 25.7 Å². The maximum atomic E-state index is 5.73. The molecule has 2 aromatic rings. The smallest absolute Gasteiger partial charge is 0.138 e. The topological polar surface area (TPSA) is 38.6 Å². The van der Waals surface area contributed by atoms with Crippen LogP contribution in [0.4, 0.5) is 5.82 Å². The molecule has 0 radical (unpaired) electrons. The summed E-state index contributed by atoms with van der Waals surface area (Å²) in [5, 5.41) is 3.46. The van der Waals surface area contributed by atoms with E-state index in [2.05, 4.69) is 20.8 Å². The standard InChI is InChI=1S/C14H19N3O/c1-2-11-18-12(4-1)7-8-15-13-5-3-6-14-16-9-10-17(13)14/h3,5-6,9-10,12,15H,1-2,4,7-8,11H2. The Labute approximate surface area is 107 Å². The van der Waals surface area contributed by atoms with Gasteiger partial charge in [-0.2, -0.15) is 0 Å². The van der Waals surface area contributed by atoms with Crippen LogP contribution in [0.2, 0.25) is 0 Å². The van der Waals surface area contributed by atoms with Crippen LogP contribution >= 0.6 is 0 Å². The number of imidazole rings is 1. The third kappa shape index (κ3) is 2.48. The molecule has 96 valence electrons. The number of nitrogens with zero attached hydrogens (tertiary/aromatic N) is 2. The van der Waals surface area contributed by atoms with E-state index < -0.39 is 0 Å². The van der Waals surface area contributed by atoms with E-state index in [4.69, 9.17) is 4.74 Å².